The molecule has 1 aromatic heterocycles. The van der Waals surface area contributed by atoms with Gasteiger partial charge >= 0.3 is 0 Å². The van der Waals surface area contributed by atoms with Gasteiger partial charge in [0.05, 0.1) is 18.6 Å². The van der Waals surface area contributed by atoms with E-state index in [9.17, 15) is 4.79 Å². The van der Waals surface area contributed by atoms with Gasteiger partial charge in [0.15, 0.2) is 5.17 Å². The molecule has 1 amide bonds. The minimum atomic E-state index is 0.0363. The summed E-state index contributed by atoms with van der Waals surface area (Å²) in [5.74, 6) is 0.921. The fourth-order valence-electron chi connectivity index (χ4n) is 3.40. The van der Waals surface area contributed by atoms with Crippen LogP contribution in [0.4, 0.5) is 0 Å². The maximum atomic E-state index is 12.7. The number of thioether (sulfide) groups is 1. The normalized spacial score (nSPS) is 17.2. The predicted octanol–water partition coefficient (Wildman–Crippen LogP) is 4.47. The number of aryl methyl sites for hydroxylation is 1. The highest BCUT2D eigenvalue weighted by Gasteiger charge is 2.32. The second kappa shape index (κ2) is 8.69. The number of aliphatic imine (C=N–C) groups is 1. The van der Waals surface area contributed by atoms with Gasteiger partial charge in [-0.1, -0.05) is 18.2 Å². The van der Waals surface area contributed by atoms with Crippen LogP contribution in [0.5, 0.6) is 5.75 Å². The second-order valence-corrected chi connectivity index (χ2v) is 7.65. The number of hydrogen-bond acceptors (Lipinski definition) is 4. The van der Waals surface area contributed by atoms with Gasteiger partial charge in [-0.3, -0.25) is 14.7 Å². The van der Waals surface area contributed by atoms with Crippen LogP contribution in [0.2, 0.25) is 0 Å². The Kier molecular flexibility index (Phi) is 6.29. The van der Waals surface area contributed by atoms with E-state index in [0.29, 0.717) is 13.1 Å². The van der Waals surface area contributed by atoms with E-state index in [2.05, 4.69) is 35.5 Å². The summed E-state index contributed by atoms with van der Waals surface area (Å²) >= 11 is 1.46. The fraction of sp³-hybridized carbons (Fsp3) is 0.364. The van der Waals surface area contributed by atoms with Crippen molar-refractivity contribution >= 4 is 28.9 Å². The van der Waals surface area contributed by atoms with Crippen LogP contribution in [0.3, 0.4) is 0 Å². The molecular weight excluding hydrogens is 370 g/mol. The highest BCUT2D eigenvalue weighted by atomic mass is 32.2. The molecule has 1 saturated heterocycles. The lowest BCUT2D eigenvalue weighted by Crippen LogP contribution is -2.28. The molecule has 1 fully saturated rings. The van der Waals surface area contributed by atoms with E-state index in [1.165, 1.54) is 11.8 Å². The van der Waals surface area contributed by atoms with Gasteiger partial charge in [0.1, 0.15) is 5.75 Å². The quantitative estimate of drug-likeness (QED) is 0.676. The number of hydrogen-bond donors (Lipinski definition) is 0. The maximum Gasteiger partial charge on any atom is 0.266 e. The molecule has 0 aliphatic carbocycles. The number of benzene rings is 1. The zero-order valence-corrected chi connectivity index (χ0v) is 18.0. The molecule has 2 heterocycles. The lowest BCUT2D eigenvalue weighted by molar-refractivity contribution is -0.122. The van der Waals surface area contributed by atoms with Crippen LogP contribution >= 0.6 is 11.8 Å². The molecule has 0 unspecified atom stereocenters. The Labute approximate surface area is 171 Å². The molecule has 0 spiro atoms. The summed E-state index contributed by atoms with van der Waals surface area (Å²) in [6.45, 7) is 10.2. The zero-order valence-electron chi connectivity index (χ0n) is 17.2. The van der Waals surface area contributed by atoms with Gasteiger partial charge < -0.3 is 9.30 Å². The molecule has 2 aromatic rings. The fourth-order valence-corrected chi connectivity index (χ4v) is 4.50. The average molecular weight is 398 g/mol. The van der Waals surface area contributed by atoms with E-state index in [4.69, 9.17) is 4.74 Å². The molecule has 0 saturated carbocycles. The van der Waals surface area contributed by atoms with Crippen LogP contribution in [-0.4, -0.2) is 40.7 Å². The molecular formula is C22H27N3O2S. The third kappa shape index (κ3) is 3.87. The third-order valence-corrected chi connectivity index (χ3v) is 5.96. The van der Waals surface area contributed by atoms with Crippen LogP contribution in [0.1, 0.15) is 36.4 Å². The number of para-hydroxylation sites is 1. The van der Waals surface area contributed by atoms with Crippen molar-refractivity contribution in [2.75, 3.05) is 20.2 Å². The largest absolute Gasteiger partial charge is 0.496 e. The number of likely N-dealkylation sites (N-methyl/N-ethyl adjacent to an activating group) is 1. The van der Waals surface area contributed by atoms with E-state index in [1.54, 1.807) is 12.0 Å². The number of carbonyl (C=O) groups is 1. The Morgan fingerprint density at radius 3 is 2.64 bits per heavy atom. The SMILES string of the molecule is CCN=C1S/C(=C\c2cc(C)n(Cc3ccccc3OC)c2C)C(=O)N1CC. The van der Waals surface area contributed by atoms with E-state index in [-0.39, 0.29) is 5.91 Å². The van der Waals surface area contributed by atoms with Gasteiger partial charge in [-0.25, -0.2) is 0 Å². The summed E-state index contributed by atoms with van der Waals surface area (Å²) in [4.78, 5) is 19.7. The van der Waals surface area contributed by atoms with Crippen LogP contribution in [-0.2, 0) is 11.3 Å². The van der Waals surface area contributed by atoms with Gasteiger partial charge in [0, 0.05) is 30.0 Å². The lowest BCUT2D eigenvalue weighted by atomic mass is 10.2. The summed E-state index contributed by atoms with van der Waals surface area (Å²) in [6.07, 6.45) is 1.99. The monoisotopic (exact) mass is 397 g/mol. The molecule has 0 atom stereocenters. The maximum absolute atomic E-state index is 12.7. The van der Waals surface area contributed by atoms with Crippen molar-refractivity contribution < 1.29 is 9.53 Å². The Balaban J connectivity index is 1.93. The number of amides is 1. The van der Waals surface area contributed by atoms with Crippen molar-refractivity contribution in [3.05, 3.63) is 57.8 Å². The van der Waals surface area contributed by atoms with E-state index < -0.39 is 0 Å². The van der Waals surface area contributed by atoms with Gasteiger partial charge in [-0.15, -0.1) is 0 Å². The van der Waals surface area contributed by atoms with Gasteiger partial charge in [-0.05, 0) is 63.2 Å². The van der Waals surface area contributed by atoms with E-state index >= 15 is 0 Å². The van der Waals surface area contributed by atoms with E-state index in [1.807, 2.05) is 38.1 Å². The molecule has 3 rings (SSSR count). The average Bonchev–Trinajstić information content (AvgIpc) is 3.13. The number of rotatable bonds is 6. The number of carbonyl (C=O) groups excluding carboxylic acids is 1. The third-order valence-electron chi connectivity index (χ3n) is 4.92. The Morgan fingerprint density at radius 2 is 1.96 bits per heavy atom. The topological polar surface area (TPSA) is 46.8 Å². The highest BCUT2D eigenvalue weighted by molar-refractivity contribution is 8.18. The summed E-state index contributed by atoms with van der Waals surface area (Å²) in [7, 11) is 1.70. The van der Waals surface area contributed by atoms with E-state index in [0.717, 1.165) is 44.9 Å². The minimum absolute atomic E-state index is 0.0363. The van der Waals surface area contributed by atoms with Gasteiger partial charge in [-0.2, -0.15) is 0 Å². The molecule has 0 bridgehead atoms. The van der Waals surface area contributed by atoms with Crippen LogP contribution in [0, 0.1) is 13.8 Å². The molecule has 1 aromatic carbocycles. The molecule has 28 heavy (non-hydrogen) atoms. The molecule has 148 valence electrons. The van der Waals surface area contributed by atoms with Gasteiger partial charge in [0.25, 0.3) is 5.91 Å². The van der Waals surface area contributed by atoms with Crippen molar-refractivity contribution in [3.8, 4) is 5.75 Å². The first-order valence-corrected chi connectivity index (χ1v) is 10.4. The first-order valence-electron chi connectivity index (χ1n) is 9.54. The first kappa shape index (κ1) is 20.3. The van der Waals surface area contributed by atoms with Crippen molar-refractivity contribution in [3.63, 3.8) is 0 Å². The molecule has 1 aliphatic heterocycles. The molecule has 0 radical (unpaired) electrons. The number of ether oxygens (including phenoxy) is 1. The number of nitrogens with zero attached hydrogens (tertiary/aromatic N) is 3. The molecule has 6 heteroatoms. The molecule has 5 nitrogen and oxygen atoms in total. The highest BCUT2D eigenvalue weighted by Crippen LogP contribution is 2.33. The van der Waals surface area contributed by atoms with Crippen LogP contribution in [0.15, 0.2) is 40.2 Å². The zero-order chi connectivity index (χ0) is 20.3. The summed E-state index contributed by atoms with van der Waals surface area (Å²) in [5.41, 5.74) is 4.48. The lowest BCUT2D eigenvalue weighted by Gasteiger charge is -2.13. The Hall–Kier alpha value is -2.47. The molecule has 1 aliphatic rings. The number of aromatic nitrogens is 1. The van der Waals surface area contributed by atoms with Crippen molar-refractivity contribution in [1.29, 1.82) is 0 Å². The second-order valence-electron chi connectivity index (χ2n) is 6.64. The predicted molar refractivity (Wildman–Crippen MR) is 117 cm³/mol. The number of amidine groups is 1. The van der Waals surface area contributed by atoms with Crippen molar-refractivity contribution in [2.45, 2.75) is 34.2 Å². The van der Waals surface area contributed by atoms with Crippen LogP contribution < -0.4 is 4.74 Å². The van der Waals surface area contributed by atoms with Gasteiger partial charge in [0.2, 0.25) is 0 Å². The summed E-state index contributed by atoms with van der Waals surface area (Å²) in [5, 5.41) is 0.795. The smallest absolute Gasteiger partial charge is 0.266 e. The van der Waals surface area contributed by atoms with Crippen LogP contribution in [0.25, 0.3) is 6.08 Å². The molecule has 0 N–H and O–H groups in total. The van der Waals surface area contributed by atoms with Crippen molar-refractivity contribution in [1.82, 2.24) is 9.47 Å². The Morgan fingerprint density at radius 1 is 1.21 bits per heavy atom. The Bertz CT molecular complexity index is 943. The number of methoxy groups -OCH3 is 1. The summed E-state index contributed by atoms with van der Waals surface area (Å²) in [6, 6.07) is 10.2. The standard InChI is InChI=1S/C22H27N3O2S/c1-6-23-22-24(7-2)21(26)20(28-22)13-18-12-15(3)25(16(18)4)14-17-10-8-9-11-19(17)27-5/h8-13H,6-7,14H2,1-5H3/b20-13-,23-22?. The van der Waals surface area contributed by atoms with Crippen molar-refractivity contribution in [2.24, 2.45) is 4.99 Å². The summed E-state index contributed by atoms with van der Waals surface area (Å²) < 4.78 is 7.75. The first-order chi connectivity index (χ1) is 13.5. The minimum Gasteiger partial charge on any atom is -0.496 e.